The van der Waals surface area contributed by atoms with Crippen molar-refractivity contribution in [1.82, 2.24) is 20.3 Å². The average molecular weight is 308 g/mol. The monoisotopic (exact) mass is 308 g/mol. The molecule has 0 bridgehead atoms. The average Bonchev–Trinajstić information content (AvgIpc) is 2.99. The lowest BCUT2D eigenvalue weighted by atomic mass is 10.0. The molecular weight excluding hydrogens is 292 g/mol. The fraction of sp³-hybridized carbons (Fsp3) is 0.250. The quantitative estimate of drug-likeness (QED) is 0.796. The maximum atomic E-state index is 5.04. The minimum Gasteiger partial charge on any atom is -0.360 e. The number of benzene rings is 1. The van der Waals surface area contributed by atoms with Crippen LogP contribution in [0.2, 0.25) is 0 Å². The van der Waals surface area contributed by atoms with Gasteiger partial charge in [0.05, 0.1) is 6.20 Å². The number of hydrogen-bond acceptors (Lipinski definition) is 7. The van der Waals surface area contributed by atoms with E-state index in [9.17, 15) is 0 Å². The van der Waals surface area contributed by atoms with Crippen molar-refractivity contribution in [2.24, 2.45) is 0 Å². The number of nitrogens with zero attached hydrogens (tertiary/aromatic N) is 5. The molecule has 3 heterocycles. The molecule has 0 saturated carbocycles. The molecule has 1 N–H and O–H groups in total. The van der Waals surface area contributed by atoms with Crippen molar-refractivity contribution in [2.75, 3.05) is 16.8 Å². The largest absolute Gasteiger partial charge is 0.360 e. The van der Waals surface area contributed by atoms with Gasteiger partial charge in [-0.15, -0.1) is 5.10 Å². The van der Waals surface area contributed by atoms with Crippen molar-refractivity contribution in [3.63, 3.8) is 0 Å². The molecule has 23 heavy (non-hydrogen) atoms. The highest BCUT2D eigenvalue weighted by Crippen LogP contribution is 2.22. The number of fused-ring (bicyclic) bond motifs is 1. The van der Waals surface area contributed by atoms with Crippen LogP contribution in [0.5, 0.6) is 0 Å². The number of hydrogen-bond donors (Lipinski definition) is 1. The zero-order valence-corrected chi connectivity index (χ0v) is 12.7. The molecule has 1 aromatic carbocycles. The van der Waals surface area contributed by atoms with E-state index in [0.717, 1.165) is 25.3 Å². The Balaban J connectivity index is 1.55. The van der Waals surface area contributed by atoms with Crippen LogP contribution in [0.1, 0.15) is 16.9 Å². The summed E-state index contributed by atoms with van der Waals surface area (Å²) in [6, 6.07) is 10.3. The Morgan fingerprint density at radius 2 is 2.04 bits per heavy atom. The maximum absolute atomic E-state index is 5.04. The summed E-state index contributed by atoms with van der Waals surface area (Å²) >= 11 is 0. The molecule has 0 atom stereocenters. The summed E-state index contributed by atoms with van der Waals surface area (Å²) in [4.78, 5) is 6.67. The summed E-state index contributed by atoms with van der Waals surface area (Å²) < 4.78 is 5.04. The molecule has 0 radical (unpaired) electrons. The summed E-state index contributed by atoms with van der Waals surface area (Å²) in [7, 11) is 0. The molecule has 0 unspecified atom stereocenters. The number of anilines is 3. The van der Waals surface area contributed by atoms with Crippen molar-refractivity contribution < 1.29 is 4.52 Å². The third kappa shape index (κ3) is 2.85. The zero-order valence-electron chi connectivity index (χ0n) is 12.7. The van der Waals surface area contributed by atoms with Gasteiger partial charge in [-0.3, -0.25) is 0 Å². The van der Waals surface area contributed by atoms with Crippen LogP contribution in [0.3, 0.4) is 0 Å². The Labute approximate surface area is 133 Å². The number of nitrogens with one attached hydrogen (secondary N) is 1. The number of aromatic nitrogens is 4. The minimum atomic E-state index is 0.599. The molecule has 0 saturated heterocycles. The van der Waals surface area contributed by atoms with E-state index in [1.807, 2.05) is 6.92 Å². The van der Waals surface area contributed by atoms with Gasteiger partial charge in [-0.25, -0.2) is 0 Å². The fourth-order valence-electron chi connectivity index (χ4n) is 2.71. The molecular formula is C16H16N6O. The lowest BCUT2D eigenvalue weighted by molar-refractivity contribution is 0.400. The number of aryl methyl sites for hydroxylation is 1. The first-order valence-electron chi connectivity index (χ1n) is 7.50. The molecule has 1 aliphatic rings. The molecule has 7 heteroatoms. The van der Waals surface area contributed by atoms with Crippen molar-refractivity contribution in [1.29, 1.82) is 0 Å². The van der Waals surface area contributed by atoms with Gasteiger partial charge in [0, 0.05) is 19.2 Å². The van der Waals surface area contributed by atoms with Crippen LogP contribution in [0.25, 0.3) is 0 Å². The van der Waals surface area contributed by atoms with Crippen LogP contribution < -0.4 is 10.2 Å². The smallest absolute Gasteiger partial charge is 0.247 e. The molecule has 0 spiro atoms. The first-order chi connectivity index (χ1) is 11.3. The summed E-state index contributed by atoms with van der Waals surface area (Å²) in [5, 5.41) is 15.2. The van der Waals surface area contributed by atoms with E-state index in [1.54, 1.807) is 12.3 Å². The Kier molecular flexibility index (Phi) is 3.38. The van der Waals surface area contributed by atoms with Crippen molar-refractivity contribution in [3.05, 3.63) is 53.4 Å². The number of rotatable bonds is 3. The van der Waals surface area contributed by atoms with E-state index < -0.39 is 0 Å². The van der Waals surface area contributed by atoms with Gasteiger partial charge in [0.15, 0.2) is 11.6 Å². The van der Waals surface area contributed by atoms with Gasteiger partial charge in [0.25, 0.3) is 0 Å². The lowest BCUT2D eigenvalue weighted by Crippen LogP contribution is -2.32. The van der Waals surface area contributed by atoms with E-state index in [0.29, 0.717) is 17.6 Å². The highest BCUT2D eigenvalue weighted by atomic mass is 16.5. The second-order valence-electron chi connectivity index (χ2n) is 5.53. The highest BCUT2D eigenvalue weighted by Gasteiger charge is 2.18. The van der Waals surface area contributed by atoms with Crippen LogP contribution >= 0.6 is 0 Å². The Bertz CT molecular complexity index is 831. The fourth-order valence-corrected chi connectivity index (χ4v) is 2.71. The molecule has 0 fully saturated rings. The van der Waals surface area contributed by atoms with Gasteiger partial charge in [-0.05, 0) is 24.5 Å². The van der Waals surface area contributed by atoms with Gasteiger partial charge >= 0.3 is 0 Å². The van der Waals surface area contributed by atoms with Crippen LogP contribution in [0.15, 0.2) is 41.1 Å². The summed E-state index contributed by atoms with van der Waals surface area (Å²) in [5.74, 6) is 2.56. The second-order valence-corrected chi connectivity index (χ2v) is 5.53. The minimum absolute atomic E-state index is 0.599. The lowest BCUT2D eigenvalue weighted by Gasteiger charge is -2.28. The third-order valence-corrected chi connectivity index (χ3v) is 3.85. The van der Waals surface area contributed by atoms with Gasteiger partial charge in [0.2, 0.25) is 5.95 Å². The van der Waals surface area contributed by atoms with Crippen LogP contribution in [-0.4, -0.2) is 26.9 Å². The molecule has 7 nitrogen and oxygen atoms in total. The van der Waals surface area contributed by atoms with E-state index >= 15 is 0 Å². The van der Waals surface area contributed by atoms with Crippen LogP contribution in [-0.2, 0) is 13.0 Å². The summed E-state index contributed by atoms with van der Waals surface area (Å²) in [6.45, 7) is 3.52. The Morgan fingerprint density at radius 1 is 1.17 bits per heavy atom. The molecule has 0 amide bonds. The predicted molar refractivity (Wildman–Crippen MR) is 85.5 cm³/mol. The second kappa shape index (κ2) is 5.68. The van der Waals surface area contributed by atoms with Gasteiger partial charge < -0.3 is 14.7 Å². The van der Waals surface area contributed by atoms with E-state index in [1.165, 1.54) is 11.1 Å². The third-order valence-electron chi connectivity index (χ3n) is 3.85. The first kappa shape index (κ1) is 13.7. The molecule has 116 valence electrons. The van der Waals surface area contributed by atoms with Crippen molar-refractivity contribution in [3.8, 4) is 0 Å². The Hall–Kier alpha value is -2.96. The van der Waals surface area contributed by atoms with Crippen LogP contribution in [0, 0.1) is 6.92 Å². The normalized spacial score (nSPS) is 13.7. The van der Waals surface area contributed by atoms with E-state index in [2.05, 4.69) is 54.8 Å². The Morgan fingerprint density at radius 3 is 2.87 bits per heavy atom. The molecule has 1 aliphatic heterocycles. The van der Waals surface area contributed by atoms with Gasteiger partial charge in [0.1, 0.15) is 5.76 Å². The summed E-state index contributed by atoms with van der Waals surface area (Å²) in [5.41, 5.74) is 2.71. The zero-order chi connectivity index (χ0) is 15.6. The standard InChI is InChI=1S/C16H16N6O/c1-11-8-14(21-23-11)18-15-9-17-20-16(19-15)22-7-6-12-4-2-3-5-13(12)10-22/h2-5,8-9H,6-7,10H2,1H3,(H,18,19,20,21). The van der Waals surface area contributed by atoms with Gasteiger partial charge in [-0.1, -0.05) is 29.4 Å². The van der Waals surface area contributed by atoms with Crippen molar-refractivity contribution in [2.45, 2.75) is 19.9 Å². The predicted octanol–water partition coefficient (Wildman–Crippen LogP) is 2.47. The topological polar surface area (TPSA) is 80.0 Å². The van der Waals surface area contributed by atoms with E-state index in [4.69, 9.17) is 4.52 Å². The molecule has 0 aliphatic carbocycles. The SMILES string of the molecule is Cc1cc(Nc2cnnc(N3CCc4ccccc4C3)n2)no1. The molecule has 4 rings (SSSR count). The van der Waals surface area contributed by atoms with Crippen molar-refractivity contribution >= 4 is 17.6 Å². The maximum Gasteiger partial charge on any atom is 0.247 e. The highest BCUT2D eigenvalue weighted by molar-refractivity contribution is 5.52. The van der Waals surface area contributed by atoms with Gasteiger partial charge in [-0.2, -0.15) is 10.1 Å². The van der Waals surface area contributed by atoms with Crippen LogP contribution in [0.4, 0.5) is 17.6 Å². The van der Waals surface area contributed by atoms with E-state index in [-0.39, 0.29) is 0 Å². The first-order valence-corrected chi connectivity index (χ1v) is 7.50. The molecule has 3 aromatic rings. The molecule has 2 aromatic heterocycles. The summed E-state index contributed by atoms with van der Waals surface area (Å²) in [6.07, 6.45) is 2.56.